The van der Waals surface area contributed by atoms with Crippen LogP contribution in [0.5, 0.6) is 5.75 Å². The van der Waals surface area contributed by atoms with Gasteiger partial charge in [-0.3, -0.25) is 4.79 Å². The number of rotatable bonds is 7. The molecule has 0 saturated heterocycles. The second kappa shape index (κ2) is 10.3. The first kappa shape index (κ1) is 23.8. The van der Waals surface area contributed by atoms with E-state index in [2.05, 4.69) is 0 Å². The molecule has 7 heteroatoms. The SMILES string of the molecule is CCOC(=O)c1c(-c2ccc(OC)cc2)ccc(-c2cc(=O)c3ccccc3o2)c1C(=O)OCC. The average Bonchev–Trinajstić information content (AvgIpc) is 2.88. The quantitative estimate of drug-likeness (QED) is 0.329. The van der Waals surface area contributed by atoms with E-state index in [0.717, 1.165) is 0 Å². The highest BCUT2D eigenvalue weighted by Crippen LogP contribution is 2.36. The fraction of sp³-hybridized carbons (Fsp3) is 0.179. The van der Waals surface area contributed by atoms with Crippen molar-refractivity contribution in [3.05, 3.63) is 88.1 Å². The number of hydrogen-bond donors (Lipinski definition) is 0. The van der Waals surface area contributed by atoms with Gasteiger partial charge in [-0.15, -0.1) is 0 Å². The van der Waals surface area contributed by atoms with Gasteiger partial charge in [0.25, 0.3) is 0 Å². The van der Waals surface area contributed by atoms with Crippen LogP contribution in [0.3, 0.4) is 0 Å². The Morgan fingerprint density at radius 3 is 2.03 bits per heavy atom. The Balaban J connectivity index is 2.04. The van der Waals surface area contributed by atoms with Gasteiger partial charge in [-0.2, -0.15) is 0 Å². The van der Waals surface area contributed by atoms with Crippen LogP contribution in [0.4, 0.5) is 0 Å². The van der Waals surface area contributed by atoms with E-state index in [4.69, 9.17) is 18.6 Å². The van der Waals surface area contributed by atoms with Crippen molar-refractivity contribution >= 4 is 22.9 Å². The van der Waals surface area contributed by atoms with E-state index in [9.17, 15) is 14.4 Å². The number of esters is 2. The molecule has 7 nitrogen and oxygen atoms in total. The second-order valence-electron chi connectivity index (χ2n) is 7.55. The van der Waals surface area contributed by atoms with Gasteiger partial charge in [0.2, 0.25) is 0 Å². The maximum absolute atomic E-state index is 13.2. The highest BCUT2D eigenvalue weighted by molar-refractivity contribution is 6.11. The fourth-order valence-corrected chi connectivity index (χ4v) is 3.89. The number of benzene rings is 3. The summed E-state index contributed by atoms with van der Waals surface area (Å²) >= 11 is 0. The molecule has 35 heavy (non-hydrogen) atoms. The lowest BCUT2D eigenvalue weighted by Crippen LogP contribution is -2.17. The number of hydrogen-bond acceptors (Lipinski definition) is 7. The first-order valence-electron chi connectivity index (χ1n) is 11.2. The van der Waals surface area contributed by atoms with Crippen molar-refractivity contribution in [1.29, 1.82) is 0 Å². The molecule has 0 amide bonds. The first-order chi connectivity index (χ1) is 17.0. The van der Waals surface area contributed by atoms with Gasteiger partial charge in [0, 0.05) is 11.6 Å². The number of fused-ring (bicyclic) bond motifs is 1. The van der Waals surface area contributed by atoms with Crippen molar-refractivity contribution in [3.63, 3.8) is 0 Å². The number of carbonyl (C=O) groups is 2. The van der Waals surface area contributed by atoms with Crippen molar-refractivity contribution in [3.8, 4) is 28.2 Å². The van der Waals surface area contributed by atoms with Crippen LogP contribution in [0.25, 0.3) is 33.4 Å². The maximum atomic E-state index is 13.2. The van der Waals surface area contributed by atoms with Gasteiger partial charge >= 0.3 is 11.9 Å². The molecule has 0 unspecified atom stereocenters. The smallest absolute Gasteiger partial charge is 0.339 e. The average molecular weight is 472 g/mol. The van der Waals surface area contributed by atoms with Gasteiger partial charge in [-0.25, -0.2) is 9.59 Å². The fourth-order valence-electron chi connectivity index (χ4n) is 3.89. The van der Waals surface area contributed by atoms with E-state index >= 15 is 0 Å². The predicted molar refractivity (Wildman–Crippen MR) is 132 cm³/mol. The highest BCUT2D eigenvalue weighted by Gasteiger charge is 2.29. The standard InChI is InChI=1S/C28H24O7/c1-4-33-27(30)25-19(17-10-12-18(32-3)13-11-17)14-15-21(26(25)28(31)34-5-2)24-16-22(29)20-8-6-7-9-23(20)35-24/h6-16H,4-5H2,1-3H3. The summed E-state index contributed by atoms with van der Waals surface area (Å²) in [4.78, 5) is 39.2. The van der Waals surface area contributed by atoms with Crippen molar-refractivity contribution in [1.82, 2.24) is 0 Å². The molecule has 0 atom stereocenters. The van der Waals surface area contributed by atoms with Crippen LogP contribution in [-0.2, 0) is 9.47 Å². The molecular formula is C28H24O7. The Bertz CT molecular complexity index is 1450. The van der Waals surface area contributed by atoms with Gasteiger partial charge < -0.3 is 18.6 Å². The Morgan fingerprint density at radius 2 is 1.40 bits per heavy atom. The summed E-state index contributed by atoms with van der Waals surface area (Å²) in [6, 6.07) is 18.5. The number of carbonyl (C=O) groups excluding carboxylic acids is 2. The Kier molecular flexibility index (Phi) is 6.96. The molecule has 1 heterocycles. The molecule has 1 aromatic heterocycles. The minimum absolute atomic E-state index is 0.0305. The molecule has 0 N–H and O–H groups in total. The minimum Gasteiger partial charge on any atom is -0.497 e. The lowest BCUT2D eigenvalue weighted by atomic mass is 9.90. The van der Waals surface area contributed by atoms with Gasteiger partial charge in [0.1, 0.15) is 17.1 Å². The molecular weight excluding hydrogens is 448 g/mol. The zero-order chi connectivity index (χ0) is 24.9. The van der Waals surface area contributed by atoms with Crippen molar-refractivity contribution < 1.29 is 28.2 Å². The molecule has 0 bridgehead atoms. The van der Waals surface area contributed by atoms with Crippen LogP contribution in [0, 0.1) is 0 Å². The third-order valence-corrected chi connectivity index (χ3v) is 5.47. The van der Waals surface area contributed by atoms with Crippen LogP contribution in [0.1, 0.15) is 34.6 Å². The van der Waals surface area contributed by atoms with E-state index in [1.807, 2.05) is 0 Å². The summed E-state index contributed by atoms with van der Waals surface area (Å²) in [5, 5.41) is 0.411. The predicted octanol–water partition coefficient (Wildman–Crippen LogP) is 5.49. The number of para-hydroxylation sites is 1. The third kappa shape index (κ3) is 4.66. The van der Waals surface area contributed by atoms with Gasteiger partial charge in [0.15, 0.2) is 5.43 Å². The summed E-state index contributed by atoms with van der Waals surface area (Å²) in [6.07, 6.45) is 0. The van der Waals surface area contributed by atoms with E-state index in [0.29, 0.717) is 27.8 Å². The highest BCUT2D eigenvalue weighted by atomic mass is 16.5. The van der Waals surface area contributed by atoms with E-state index in [1.54, 1.807) is 81.6 Å². The van der Waals surface area contributed by atoms with E-state index in [1.165, 1.54) is 6.07 Å². The molecule has 0 saturated carbocycles. The van der Waals surface area contributed by atoms with Crippen LogP contribution < -0.4 is 10.2 Å². The Morgan fingerprint density at radius 1 is 0.800 bits per heavy atom. The lowest BCUT2D eigenvalue weighted by Gasteiger charge is -2.17. The first-order valence-corrected chi connectivity index (χ1v) is 11.2. The van der Waals surface area contributed by atoms with Crippen molar-refractivity contribution in [2.75, 3.05) is 20.3 Å². The summed E-state index contributed by atoms with van der Waals surface area (Å²) in [7, 11) is 1.56. The molecule has 0 aliphatic rings. The van der Waals surface area contributed by atoms with E-state index in [-0.39, 0.29) is 41.1 Å². The largest absolute Gasteiger partial charge is 0.497 e. The Hall–Kier alpha value is -4.39. The number of ether oxygens (including phenoxy) is 3. The van der Waals surface area contributed by atoms with Crippen molar-refractivity contribution in [2.45, 2.75) is 13.8 Å². The number of methoxy groups -OCH3 is 1. The molecule has 0 spiro atoms. The molecule has 0 aliphatic heterocycles. The molecule has 178 valence electrons. The summed E-state index contributed by atoms with van der Waals surface area (Å²) in [5.41, 5.74) is 1.50. The molecule has 0 fully saturated rings. The third-order valence-electron chi connectivity index (χ3n) is 5.47. The van der Waals surface area contributed by atoms with Gasteiger partial charge in [0.05, 0.1) is 36.8 Å². The van der Waals surface area contributed by atoms with E-state index < -0.39 is 11.9 Å². The summed E-state index contributed by atoms with van der Waals surface area (Å²) in [5.74, 6) is -0.627. The molecule has 4 rings (SSSR count). The zero-order valence-electron chi connectivity index (χ0n) is 19.6. The molecule has 0 radical (unpaired) electrons. The van der Waals surface area contributed by atoms with Crippen LogP contribution >= 0.6 is 0 Å². The van der Waals surface area contributed by atoms with Crippen molar-refractivity contribution in [2.24, 2.45) is 0 Å². The second-order valence-corrected chi connectivity index (χ2v) is 7.55. The maximum Gasteiger partial charge on any atom is 0.339 e. The van der Waals surface area contributed by atoms with Crippen LogP contribution in [-0.4, -0.2) is 32.3 Å². The lowest BCUT2D eigenvalue weighted by molar-refractivity contribution is 0.0480. The van der Waals surface area contributed by atoms with Crippen LogP contribution in [0.2, 0.25) is 0 Å². The summed E-state index contributed by atoms with van der Waals surface area (Å²) < 4.78 is 21.9. The van der Waals surface area contributed by atoms with Gasteiger partial charge in [-0.05, 0) is 55.3 Å². The molecule has 4 aromatic rings. The Labute approximate surface area is 201 Å². The van der Waals surface area contributed by atoms with Crippen LogP contribution in [0.15, 0.2) is 75.9 Å². The van der Waals surface area contributed by atoms with Gasteiger partial charge in [-0.1, -0.05) is 30.3 Å². The normalized spacial score (nSPS) is 10.7. The minimum atomic E-state index is -0.725. The topological polar surface area (TPSA) is 92.0 Å². The monoisotopic (exact) mass is 472 g/mol. The molecule has 3 aromatic carbocycles. The zero-order valence-corrected chi connectivity index (χ0v) is 19.6. The molecule has 0 aliphatic carbocycles. The summed E-state index contributed by atoms with van der Waals surface area (Å²) in [6.45, 7) is 3.56.